The molecular formula is C23H18O6. The van der Waals surface area contributed by atoms with Crippen molar-refractivity contribution in [1.29, 1.82) is 0 Å². The standard InChI is InChI=1S/C23H18O6/c1-12(24)17-18-20(15-9-5-4-8-14(15)19(17)25)29-23(27)16-10-6-3-7-13(16)11-22(18,23)21(26)28-2/h3-10,25,27H,11H2,1-2H3/t22-,23+/m1/s1. The number of aromatic hydroxyl groups is 1. The van der Waals surface area contributed by atoms with Crippen molar-refractivity contribution >= 4 is 22.5 Å². The van der Waals surface area contributed by atoms with Gasteiger partial charge >= 0.3 is 5.97 Å². The molecule has 2 atom stereocenters. The Labute approximate surface area is 166 Å². The predicted molar refractivity (Wildman–Crippen MR) is 104 cm³/mol. The predicted octanol–water partition coefficient (Wildman–Crippen LogP) is 2.95. The third kappa shape index (κ3) is 1.89. The average molecular weight is 390 g/mol. The van der Waals surface area contributed by atoms with Crippen LogP contribution in [0.2, 0.25) is 0 Å². The zero-order chi connectivity index (χ0) is 20.6. The van der Waals surface area contributed by atoms with Crippen molar-refractivity contribution in [2.45, 2.75) is 24.5 Å². The number of Topliss-reactive ketones (excluding diaryl/α,β-unsaturated/α-hetero) is 1. The van der Waals surface area contributed by atoms with Gasteiger partial charge in [0.1, 0.15) is 11.5 Å². The number of ketones is 1. The first-order chi connectivity index (χ1) is 13.9. The minimum absolute atomic E-state index is 0.0344. The smallest absolute Gasteiger partial charge is 0.324 e. The van der Waals surface area contributed by atoms with Crippen LogP contribution in [0.25, 0.3) is 10.8 Å². The van der Waals surface area contributed by atoms with Crippen LogP contribution < -0.4 is 4.74 Å². The molecule has 1 aliphatic heterocycles. The van der Waals surface area contributed by atoms with Gasteiger partial charge in [-0.25, -0.2) is 0 Å². The van der Waals surface area contributed by atoms with E-state index in [1.165, 1.54) is 14.0 Å². The van der Waals surface area contributed by atoms with E-state index in [4.69, 9.17) is 9.47 Å². The fourth-order valence-electron chi connectivity index (χ4n) is 4.92. The minimum atomic E-state index is -2.06. The SMILES string of the molecule is COC(=O)[C@]12Cc3ccccc3[C@]1(O)Oc1c2c(C(C)=O)c(O)c2ccccc12. The number of aliphatic hydroxyl groups is 1. The highest BCUT2D eigenvalue weighted by Gasteiger charge is 2.71. The van der Waals surface area contributed by atoms with Crippen molar-refractivity contribution in [2.24, 2.45) is 0 Å². The van der Waals surface area contributed by atoms with Crippen LogP contribution in [0.3, 0.4) is 0 Å². The second kappa shape index (κ2) is 5.58. The van der Waals surface area contributed by atoms with E-state index >= 15 is 0 Å². The quantitative estimate of drug-likeness (QED) is 0.516. The van der Waals surface area contributed by atoms with E-state index < -0.39 is 23.0 Å². The van der Waals surface area contributed by atoms with Crippen LogP contribution in [0.1, 0.15) is 34.0 Å². The second-order valence-electron chi connectivity index (χ2n) is 7.51. The second-order valence-corrected chi connectivity index (χ2v) is 7.51. The number of ether oxygens (including phenoxy) is 2. The maximum atomic E-state index is 13.2. The molecule has 0 saturated carbocycles. The van der Waals surface area contributed by atoms with Gasteiger partial charge in [-0.15, -0.1) is 0 Å². The van der Waals surface area contributed by atoms with Gasteiger partial charge in [-0.2, -0.15) is 0 Å². The largest absolute Gasteiger partial charge is 0.507 e. The molecule has 0 aromatic heterocycles. The number of hydrogen-bond donors (Lipinski definition) is 2. The Morgan fingerprint density at radius 2 is 1.72 bits per heavy atom. The highest BCUT2D eigenvalue weighted by Crippen LogP contribution is 2.63. The van der Waals surface area contributed by atoms with E-state index in [9.17, 15) is 19.8 Å². The average Bonchev–Trinajstić information content (AvgIpc) is 3.13. The van der Waals surface area contributed by atoms with Gasteiger partial charge in [-0.3, -0.25) is 9.59 Å². The first-order valence-corrected chi connectivity index (χ1v) is 9.24. The van der Waals surface area contributed by atoms with Crippen molar-refractivity contribution in [1.82, 2.24) is 0 Å². The van der Waals surface area contributed by atoms with Crippen LogP contribution in [-0.4, -0.2) is 29.1 Å². The van der Waals surface area contributed by atoms with Crippen molar-refractivity contribution in [3.8, 4) is 11.5 Å². The molecule has 0 amide bonds. The minimum Gasteiger partial charge on any atom is -0.507 e. The molecule has 0 fully saturated rings. The van der Waals surface area contributed by atoms with Crippen LogP contribution in [0.4, 0.5) is 0 Å². The van der Waals surface area contributed by atoms with E-state index in [-0.39, 0.29) is 29.0 Å². The number of phenols is 1. The number of esters is 1. The summed E-state index contributed by atoms with van der Waals surface area (Å²) in [5.41, 5.74) is -0.407. The molecule has 29 heavy (non-hydrogen) atoms. The highest BCUT2D eigenvalue weighted by molar-refractivity contribution is 6.11. The van der Waals surface area contributed by atoms with Gasteiger partial charge in [-0.05, 0) is 12.5 Å². The summed E-state index contributed by atoms with van der Waals surface area (Å²) in [6.45, 7) is 1.31. The summed E-state index contributed by atoms with van der Waals surface area (Å²) in [5, 5.41) is 23.7. The topological polar surface area (TPSA) is 93.1 Å². The zero-order valence-corrected chi connectivity index (χ0v) is 15.9. The number of fused-ring (bicyclic) bond motifs is 7. The van der Waals surface area contributed by atoms with E-state index in [2.05, 4.69) is 0 Å². The fraction of sp³-hybridized carbons (Fsp3) is 0.217. The summed E-state index contributed by atoms with van der Waals surface area (Å²) in [7, 11) is 1.23. The molecule has 3 aromatic rings. The zero-order valence-electron chi connectivity index (χ0n) is 15.9. The molecule has 0 saturated heterocycles. The van der Waals surface area contributed by atoms with Crippen LogP contribution in [0.15, 0.2) is 48.5 Å². The number of benzene rings is 3. The first kappa shape index (κ1) is 17.7. The van der Waals surface area contributed by atoms with E-state index in [0.29, 0.717) is 21.9 Å². The molecule has 6 nitrogen and oxygen atoms in total. The lowest BCUT2D eigenvalue weighted by atomic mass is 9.72. The van der Waals surface area contributed by atoms with Crippen LogP contribution >= 0.6 is 0 Å². The Balaban J connectivity index is 1.98. The molecule has 5 rings (SSSR count). The van der Waals surface area contributed by atoms with E-state index in [1.807, 2.05) is 0 Å². The number of hydrogen-bond acceptors (Lipinski definition) is 6. The normalized spacial score (nSPS) is 23.8. The Kier molecular flexibility index (Phi) is 3.41. The number of carbonyl (C=O) groups excluding carboxylic acids is 2. The summed E-state index contributed by atoms with van der Waals surface area (Å²) in [4.78, 5) is 25.9. The molecule has 2 aliphatic rings. The van der Waals surface area contributed by atoms with Gasteiger partial charge in [0.15, 0.2) is 11.2 Å². The van der Waals surface area contributed by atoms with Crippen LogP contribution in [0, 0.1) is 0 Å². The van der Waals surface area contributed by atoms with Crippen molar-refractivity contribution < 1.29 is 29.3 Å². The van der Waals surface area contributed by atoms with Gasteiger partial charge in [0.25, 0.3) is 5.79 Å². The monoisotopic (exact) mass is 390 g/mol. The molecule has 0 bridgehead atoms. The highest BCUT2D eigenvalue weighted by atomic mass is 16.6. The van der Waals surface area contributed by atoms with Crippen molar-refractivity contribution in [3.05, 3.63) is 70.8 Å². The van der Waals surface area contributed by atoms with Gasteiger partial charge < -0.3 is 19.7 Å². The van der Waals surface area contributed by atoms with Crippen LogP contribution in [0.5, 0.6) is 11.5 Å². The Morgan fingerprint density at radius 3 is 2.41 bits per heavy atom. The molecular weight excluding hydrogens is 372 g/mol. The third-order valence-electron chi connectivity index (χ3n) is 6.12. The Bertz CT molecular complexity index is 1230. The van der Waals surface area contributed by atoms with Gasteiger partial charge in [0.2, 0.25) is 0 Å². The molecule has 3 aromatic carbocycles. The van der Waals surface area contributed by atoms with Crippen LogP contribution in [-0.2, 0) is 27.2 Å². The lowest BCUT2D eigenvalue weighted by molar-refractivity contribution is -0.195. The summed E-state index contributed by atoms with van der Waals surface area (Å²) < 4.78 is 11.2. The Morgan fingerprint density at radius 1 is 1.07 bits per heavy atom. The van der Waals surface area contributed by atoms with Gasteiger partial charge in [0, 0.05) is 28.3 Å². The third-order valence-corrected chi connectivity index (χ3v) is 6.12. The lowest BCUT2D eigenvalue weighted by Crippen LogP contribution is -2.52. The van der Waals surface area contributed by atoms with E-state index in [0.717, 1.165) is 0 Å². The van der Waals surface area contributed by atoms with Gasteiger partial charge in [-0.1, -0.05) is 48.5 Å². The summed E-state index contributed by atoms with van der Waals surface area (Å²) in [6.07, 6.45) is 0.0808. The number of carbonyl (C=O) groups is 2. The Hall–Kier alpha value is -3.38. The van der Waals surface area contributed by atoms with Gasteiger partial charge in [0.05, 0.1) is 12.7 Å². The molecule has 0 spiro atoms. The maximum Gasteiger partial charge on any atom is 0.324 e. The lowest BCUT2D eigenvalue weighted by Gasteiger charge is -2.33. The maximum absolute atomic E-state index is 13.2. The molecule has 1 aliphatic carbocycles. The first-order valence-electron chi connectivity index (χ1n) is 9.24. The molecule has 0 unspecified atom stereocenters. The number of methoxy groups -OCH3 is 1. The number of rotatable bonds is 2. The van der Waals surface area contributed by atoms with Crippen molar-refractivity contribution in [3.63, 3.8) is 0 Å². The molecule has 0 radical (unpaired) electrons. The fourth-order valence-corrected chi connectivity index (χ4v) is 4.92. The van der Waals surface area contributed by atoms with Crippen molar-refractivity contribution in [2.75, 3.05) is 7.11 Å². The molecule has 1 heterocycles. The van der Waals surface area contributed by atoms with E-state index in [1.54, 1.807) is 48.5 Å². The number of phenolic OH excluding ortho intramolecular Hbond substituents is 1. The summed E-state index contributed by atoms with van der Waals surface area (Å²) in [6, 6.07) is 13.9. The summed E-state index contributed by atoms with van der Waals surface area (Å²) in [5.74, 6) is -3.24. The molecule has 2 N–H and O–H groups in total. The molecule has 146 valence electrons. The summed E-state index contributed by atoms with van der Waals surface area (Å²) >= 11 is 0. The molecule has 6 heteroatoms.